The lowest BCUT2D eigenvalue weighted by Gasteiger charge is -2.33. The van der Waals surface area contributed by atoms with Crippen LogP contribution in [-0.4, -0.2) is 36.6 Å². The highest BCUT2D eigenvalue weighted by molar-refractivity contribution is 5.76. The lowest BCUT2D eigenvalue weighted by molar-refractivity contribution is -0.134. The van der Waals surface area contributed by atoms with Gasteiger partial charge in [0, 0.05) is 32.2 Å². The summed E-state index contributed by atoms with van der Waals surface area (Å²) in [4.78, 5) is 14.1. The van der Waals surface area contributed by atoms with Crippen LogP contribution in [0.5, 0.6) is 0 Å². The molecule has 2 aliphatic rings. The number of likely N-dealkylation sites (tertiary alicyclic amines) is 1. The molecule has 2 aliphatic heterocycles. The molecule has 2 saturated heterocycles. The van der Waals surface area contributed by atoms with Crippen molar-refractivity contribution in [2.75, 3.05) is 19.7 Å². The first-order valence-corrected chi connectivity index (χ1v) is 8.44. The second-order valence-corrected chi connectivity index (χ2v) is 6.63. The van der Waals surface area contributed by atoms with Crippen LogP contribution in [0.3, 0.4) is 0 Å². The average molecular weight is 323 g/mol. The minimum Gasteiger partial charge on any atom is -0.378 e. The predicted octanol–water partition coefficient (Wildman–Crippen LogP) is 3.32. The number of ether oxygens (including phenoxy) is 1. The quantitative estimate of drug-likeness (QED) is 0.832. The smallest absolute Gasteiger partial charge is 0.222 e. The van der Waals surface area contributed by atoms with Crippen LogP contribution in [0.4, 0.5) is 8.78 Å². The van der Waals surface area contributed by atoms with Gasteiger partial charge in [-0.2, -0.15) is 0 Å². The average Bonchev–Trinajstić information content (AvgIpc) is 2.45. The Morgan fingerprint density at radius 3 is 2.35 bits per heavy atom. The van der Waals surface area contributed by atoms with E-state index in [0.29, 0.717) is 24.3 Å². The Kier molecular flexibility index (Phi) is 5.26. The summed E-state index contributed by atoms with van der Waals surface area (Å²) in [7, 11) is 0. The Balaban J connectivity index is 1.43. The summed E-state index contributed by atoms with van der Waals surface area (Å²) in [6.07, 6.45) is 5.19. The number of rotatable bonds is 5. The summed E-state index contributed by atoms with van der Waals surface area (Å²) in [5.74, 6) is -0.456. The molecule has 0 bridgehead atoms. The zero-order chi connectivity index (χ0) is 16.2. The molecule has 1 unspecified atom stereocenters. The summed E-state index contributed by atoms with van der Waals surface area (Å²) in [6.45, 7) is 2.31. The fourth-order valence-corrected chi connectivity index (χ4v) is 3.40. The molecule has 0 radical (unpaired) electrons. The second kappa shape index (κ2) is 7.39. The summed E-state index contributed by atoms with van der Waals surface area (Å²) in [5.41, 5.74) is 0.703. The topological polar surface area (TPSA) is 29.5 Å². The van der Waals surface area contributed by atoms with E-state index in [4.69, 9.17) is 4.74 Å². The maximum atomic E-state index is 13.2. The molecule has 126 valence electrons. The lowest BCUT2D eigenvalue weighted by Crippen LogP contribution is -2.39. The van der Waals surface area contributed by atoms with Crippen LogP contribution in [0.2, 0.25) is 0 Å². The summed E-state index contributed by atoms with van der Waals surface area (Å²) < 4.78 is 31.8. The van der Waals surface area contributed by atoms with Gasteiger partial charge in [0.05, 0.1) is 6.10 Å². The van der Waals surface area contributed by atoms with Crippen LogP contribution in [0.25, 0.3) is 0 Å². The predicted molar refractivity (Wildman–Crippen MR) is 83.0 cm³/mol. The molecule has 3 rings (SSSR count). The van der Waals surface area contributed by atoms with E-state index in [1.54, 1.807) is 0 Å². The first kappa shape index (κ1) is 16.4. The van der Waals surface area contributed by atoms with Crippen LogP contribution in [0.1, 0.15) is 37.7 Å². The highest BCUT2D eigenvalue weighted by Crippen LogP contribution is 2.24. The van der Waals surface area contributed by atoms with Gasteiger partial charge >= 0.3 is 0 Å². The second-order valence-electron chi connectivity index (χ2n) is 6.63. The van der Waals surface area contributed by atoms with Crippen LogP contribution < -0.4 is 0 Å². The van der Waals surface area contributed by atoms with E-state index in [0.717, 1.165) is 51.4 Å². The fraction of sp³-hybridized carbons (Fsp3) is 0.611. The number of carbonyl (C=O) groups excluding carboxylic acids is 1. The van der Waals surface area contributed by atoms with E-state index in [-0.39, 0.29) is 12.0 Å². The third-order valence-electron chi connectivity index (χ3n) is 4.89. The third kappa shape index (κ3) is 4.50. The van der Waals surface area contributed by atoms with Crippen LogP contribution >= 0.6 is 0 Å². The molecule has 3 nitrogen and oxygen atoms in total. The summed E-state index contributed by atoms with van der Waals surface area (Å²) in [5, 5.41) is 0. The number of benzene rings is 1. The maximum Gasteiger partial charge on any atom is 0.222 e. The Hall–Kier alpha value is -1.49. The maximum absolute atomic E-state index is 13.2. The van der Waals surface area contributed by atoms with Gasteiger partial charge in [0.15, 0.2) is 0 Å². The molecule has 0 N–H and O–H groups in total. The third-order valence-corrected chi connectivity index (χ3v) is 4.89. The van der Waals surface area contributed by atoms with Gasteiger partial charge in [0.2, 0.25) is 5.91 Å². The molecule has 1 amide bonds. The minimum absolute atomic E-state index is 0.204. The van der Waals surface area contributed by atoms with E-state index >= 15 is 0 Å². The van der Waals surface area contributed by atoms with Gasteiger partial charge in [-0.25, -0.2) is 8.78 Å². The van der Waals surface area contributed by atoms with Gasteiger partial charge in [0.1, 0.15) is 11.6 Å². The molecular weight excluding hydrogens is 300 g/mol. The van der Waals surface area contributed by atoms with Crippen LogP contribution in [-0.2, 0) is 16.0 Å². The zero-order valence-corrected chi connectivity index (χ0v) is 13.3. The first-order valence-electron chi connectivity index (χ1n) is 8.44. The fourth-order valence-electron chi connectivity index (χ4n) is 3.40. The molecule has 2 heterocycles. The Morgan fingerprint density at radius 1 is 1.13 bits per heavy atom. The molecule has 5 heteroatoms. The van der Waals surface area contributed by atoms with Crippen molar-refractivity contribution in [2.24, 2.45) is 5.92 Å². The van der Waals surface area contributed by atoms with Gasteiger partial charge in [-0.15, -0.1) is 0 Å². The largest absolute Gasteiger partial charge is 0.378 e. The highest BCUT2D eigenvalue weighted by atomic mass is 19.1. The number of hydrogen-bond acceptors (Lipinski definition) is 2. The van der Waals surface area contributed by atoms with Crippen molar-refractivity contribution in [1.29, 1.82) is 0 Å². The standard InChI is InChI=1S/C18H23F2NO2/c19-15-10-14(11-16(20)12-15)9-13-3-6-21(7-4-13)18(22)2-1-17-5-8-23-17/h10-13,17H,1-9H2. The minimum atomic E-state index is -0.522. The van der Waals surface area contributed by atoms with Gasteiger partial charge < -0.3 is 9.64 Å². The number of amides is 1. The molecule has 1 aromatic rings. The molecule has 2 fully saturated rings. The molecule has 23 heavy (non-hydrogen) atoms. The molecule has 0 aromatic heterocycles. The number of hydrogen-bond donors (Lipinski definition) is 0. The molecule has 0 spiro atoms. The molecule has 1 aromatic carbocycles. The Morgan fingerprint density at radius 2 is 1.78 bits per heavy atom. The number of carbonyl (C=O) groups is 1. The van der Waals surface area contributed by atoms with Gasteiger partial charge in [-0.3, -0.25) is 4.79 Å². The van der Waals surface area contributed by atoms with E-state index in [1.165, 1.54) is 12.1 Å². The Labute approximate surface area is 135 Å². The number of halogens is 2. The molecule has 0 aliphatic carbocycles. The van der Waals surface area contributed by atoms with Crippen molar-refractivity contribution in [3.05, 3.63) is 35.4 Å². The van der Waals surface area contributed by atoms with E-state index in [9.17, 15) is 13.6 Å². The Bertz CT molecular complexity index is 532. The van der Waals surface area contributed by atoms with Crippen molar-refractivity contribution in [3.63, 3.8) is 0 Å². The van der Waals surface area contributed by atoms with E-state index in [1.807, 2.05) is 4.90 Å². The monoisotopic (exact) mass is 323 g/mol. The van der Waals surface area contributed by atoms with Crippen molar-refractivity contribution in [2.45, 2.75) is 44.6 Å². The van der Waals surface area contributed by atoms with E-state index < -0.39 is 11.6 Å². The summed E-state index contributed by atoms with van der Waals surface area (Å²) in [6, 6.07) is 3.70. The SMILES string of the molecule is O=C(CCC1CCO1)N1CCC(Cc2cc(F)cc(F)c2)CC1. The normalized spacial score (nSPS) is 22.0. The zero-order valence-electron chi connectivity index (χ0n) is 13.3. The van der Waals surface area contributed by atoms with Crippen LogP contribution in [0, 0.1) is 17.6 Å². The van der Waals surface area contributed by atoms with Gasteiger partial charge in [-0.05, 0) is 55.7 Å². The summed E-state index contributed by atoms with van der Waals surface area (Å²) >= 11 is 0. The van der Waals surface area contributed by atoms with Crippen LogP contribution in [0.15, 0.2) is 18.2 Å². The number of nitrogens with zero attached hydrogens (tertiary/aromatic N) is 1. The first-order chi connectivity index (χ1) is 11.1. The lowest BCUT2D eigenvalue weighted by atomic mass is 9.90. The van der Waals surface area contributed by atoms with Crippen molar-refractivity contribution >= 4 is 5.91 Å². The van der Waals surface area contributed by atoms with Gasteiger partial charge in [-0.1, -0.05) is 0 Å². The highest BCUT2D eigenvalue weighted by Gasteiger charge is 2.25. The molecule has 0 saturated carbocycles. The number of piperidine rings is 1. The molecular formula is C18H23F2NO2. The van der Waals surface area contributed by atoms with Crippen molar-refractivity contribution in [1.82, 2.24) is 4.90 Å². The van der Waals surface area contributed by atoms with Gasteiger partial charge in [0.25, 0.3) is 0 Å². The van der Waals surface area contributed by atoms with Crippen molar-refractivity contribution in [3.8, 4) is 0 Å². The van der Waals surface area contributed by atoms with Crippen molar-refractivity contribution < 1.29 is 18.3 Å². The van der Waals surface area contributed by atoms with E-state index in [2.05, 4.69) is 0 Å². The molecule has 1 atom stereocenters.